The summed E-state index contributed by atoms with van der Waals surface area (Å²) < 4.78 is 0. The van der Waals surface area contributed by atoms with Crippen molar-refractivity contribution in [2.24, 2.45) is 0 Å². The third kappa shape index (κ3) is 4.52. The quantitative estimate of drug-likeness (QED) is 0.191. The van der Waals surface area contributed by atoms with Crippen molar-refractivity contribution in [3.63, 3.8) is 0 Å². The van der Waals surface area contributed by atoms with Gasteiger partial charge in [-0.05, 0) is 70.8 Å². The molecule has 214 valence electrons. The molecule has 0 aliphatic rings. The van der Waals surface area contributed by atoms with Crippen LogP contribution in [0.15, 0.2) is 146 Å². The number of hydrogen-bond donors (Lipinski definition) is 0. The Balaban J connectivity index is 1.07. The van der Waals surface area contributed by atoms with Gasteiger partial charge in [0, 0.05) is 45.7 Å². The SMILES string of the molecule is c1cnc2c(c1)cc(-c1ccc(-c3ccc4ccc(-c5ccc6ccc(-c7ccncn7)nc6c5)nc4c3)cc1)c1cccnc12. The van der Waals surface area contributed by atoms with Gasteiger partial charge in [0.1, 0.15) is 6.33 Å². The fraction of sp³-hybridized carbons (Fsp3) is 0. The second-order valence-corrected chi connectivity index (χ2v) is 11.3. The first-order chi connectivity index (χ1) is 22.8. The van der Waals surface area contributed by atoms with Crippen LogP contribution in [0.5, 0.6) is 0 Å². The molecule has 0 unspecified atom stereocenters. The van der Waals surface area contributed by atoms with Gasteiger partial charge in [-0.15, -0.1) is 0 Å². The molecule has 46 heavy (non-hydrogen) atoms. The van der Waals surface area contributed by atoms with E-state index in [0.29, 0.717) is 0 Å². The van der Waals surface area contributed by atoms with Crippen LogP contribution in [-0.4, -0.2) is 29.9 Å². The maximum atomic E-state index is 5.09. The topological polar surface area (TPSA) is 77.3 Å². The molecule has 0 saturated carbocycles. The Kier molecular flexibility index (Phi) is 6.03. The highest BCUT2D eigenvalue weighted by Crippen LogP contribution is 2.35. The molecular formula is C40H24N6. The van der Waals surface area contributed by atoms with Crippen LogP contribution in [0.3, 0.4) is 0 Å². The van der Waals surface area contributed by atoms with Crippen molar-refractivity contribution in [2.75, 3.05) is 0 Å². The summed E-state index contributed by atoms with van der Waals surface area (Å²) in [6.45, 7) is 0. The Bertz CT molecular complexity index is 2580. The highest BCUT2D eigenvalue weighted by molar-refractivity contribution is 6.10. The van der Waals surface area contributed by atoms with E-state index in [9.17, 15) is 0 Å². The Morgan fingerprint density at radius 3 is 1.85 bits per heavy atom. The summed E-state index contributed by atoms with van der Waals surface area (Å²) >= 11 is 0. The summed E-state index contributed by atoms with van der Waals surface area (Å²) in [5, 5.41) is 4.34. The summed E-state index contributed by atoms with van der Waals surface area (Å²) in [6.07, 6.45) is 6.93. The van der Waals surface area contributed by atoms with E-state index in [1.165, 1.54) is 0 Å². The summed E-state index contributed by atoms with van der Waals surface area (Å²) in [4.78, 5) is 27.6. The van der Waals surface area contributed by atoms with Crippen molar-refractivity contribution in [1.82, 2.24) is 29.9 Å². The first-order valence-corrected chi connectivity index (χ1v) is 15.1. The molecule has 0 spiro atoms. The summed E-state index contributed by atoms with van der Waals surface area (Å²) in [5.74, 6) is 0. The molecule has 0 fully saturated rings. The Hall–Kier alpha value is -6.40. The van der Waals surface area contributed by atoms with Crippen LogP contribution in [0.2, 0.25) is 0 Å². The van der Waals surface area contributed by atoms with Gasteiger partial charge < -0.3 is 0 Å². The number of pyridine rings is 4. The summed E-state index contributed by atoms with van der Waals surface area (Å²) in [6, 6.07) is 42.0. The van der Waals surface area contributed by atoms with E-state index in [-0.39, 0.29) is 0 Å². The molecular weight excluding hydrogens is 564 g/mol. The number of benzene rings is 4. The average Bonchev–Trinajstić information content (AvgIpc) is 3.14. The predicted octanol–water partition coefficient (Wildman–Crippen LogP) is 9.34. The van der Waals surface area contributed by atoms with Crippen molar-refractivity contribution in [2.45, 2.75) is 0 Å². The normalized spacial score (nSPS) is 11.5. The largest absolute Gasteiger partial charge is 0.254 e. The molecule has 0 aliphatic carbocycles. The highest BCUT2D eigenvalue weighted by Gasteiger charge is 2.12. The molecule has 6 heteroatoms. The standard InChI is InChI=1S/C40H24N6/c1-3-31-21-33(32-4-2-19-43-40(32)39(31)42-18-1)26-7-5-25(6-8-26)29-11-9-27-13-15-34(45-37(27)22-29)30-12-10-28-14-16-36(46-38(28)23-30)35-17-20-41-24-44-35/h1-24H. The van der Waals surface area contributed by atoms with Gasteiger partial charge in [-0.2, -0.15) is 0 Å². The minimum absolute atomic E-state index is 0.798. The van der Waals surface area contributed by atoms with Gasteiger partial charge in [-0.25, -0.2) is 19.9 Å². The number of aromatic nitrogens is 6. The van der Waals surface area contributed by atoms with E-state index in [1.54, 1.807) is 12.5 Å². The lowest BCUT2D eigenvalue weighted by molar-refractivity contribution is 1.16. The second-order valence-electron chi connectivity index (χ2n) is 11.3. The van der Waals surface area contributed by atoms with Crippen molar-refractivity contribution >= 4 is 43.6 Å². The number of hydrogen-bond acceptors (Lipinski definition) is 6. The fourth-order valence-electron chi connectivity index (χ4n) is 6.18. The van der Waals surface area contributed by atoms with Crippen LogP contribution in [-0.2, 0) is 0 Å². The second kappa shape index (κ2) is 10.6. The molecule has 6 nitrogen and oxygen atoms in total. The lowest BCUT2D eigenvalue weighted by Gasteiger charge is -2.11. The zero-order valence-electron chi connectivity index (χ0n) is 24.5. The summed E-state index contributed by atoms with van der Waals surface area (Å²) in [7, 11) is 0. The molecule has 0 N–H and O–H groups in total. The van der Waals surface area contributed by atoms with E-state index in [0.717, 1.165) is 88.5 Å². The molecule has 5 aromatic heterocycles. The maximum Gasteiger partial charge on any atom is 0.116 e. The lowest BCUT2D eigenvalue weighted by atomic mass is 9.95. The van der Waals surface area contributed by atoms with Crippen LogP contribution < -0.4 is 0 Å². The van der Waals surface area contributed by atoms with Gasteiger partial charge in [0.2, 0.25) is 0 Å². The molecule has 0 atom stereocenters. The van der Waals surface area contributed by atoms with E-state index >= 15 is 0 Å². The van der Waals surface area contributed by atoms with Gasteiger partial charge in [0.05, 0.1) is 39.1 Å². The molecule has 5 heterocycles. The first-order valence-electron chi connectivity index (χ1n) is 15.1. The van der Waals surface area contributed by atoms with E-state index in [2.05, 4.69) is 117 Å². The molecule has 0 radical (unpaired) electrons. The van der Waals surface area contributed by atoms with Crippen molar-refractivity contribution in [3.05, 3.63) is 146 Å². The molecule has 0 amide bonds. The third-order valence-electron chi connectivity index (χ3n) is 8.51. The van der Waals surface area contributed by atoms with Crippen LogP contribution in [0, 0.1) is 0 Å². The molecule has 9 aromatic rings. The zero-order chi connectivity index (χ0) is 30.5. The minimum Gasteiger partial charge on any atom is -0.254 e. The summed E-state index contributed by atoms with van der Waals surface area (Å²) in [5.41, 5.74) is 11.8. The van der Waals surface area contributed by atoms with Gasteiger partial charge in [-0.3, -0.25) is 9.97 Å². The van der Waals surface area contributed by atoms with E-state index in [1.807, 2.05) is 36.7 Å². The Morgan fingerprint density at radius 1 is 0.391 bits per heavy atom. The minimum atomic E-state index is 0.798. The zero-order valence-corrected chi connectivity index (χ0v) is 24.5. The van der Waals surface area contributed by atoms with Crippen molar-refractivity contribution in [1.29, 1.82) is 0 Å². The molecule has 9 rings (SSSR count). The number of fused-ring (bicyclic) bond motifs is 5. The van der Waals surface area contributed by atoms with Crippen LogP contribution >= 0.6 is 0 Å². The van der Waals surface area contributed by atoms with Crippen LogP contribution in [0.1, 0.15) is 0 Å². The lowest BCUT2D eigenvalue weighted by Crippen LogP contribution is -1.90. The number of rotatable bonds is 4. The van der Waals surface area contributed by atoms with Crippen LogP contribution in [0.4, 0.5) is 0 Å². The average molecular weight is 589 g/mol. The highest BCUT2D eigenvalue weighted by atomic mass is 14.8. The Labute approximate surface area is 264 Å². The third-order valence-corrected chi connectivity index (χ3v) is 8.51. The molecule has 0 bridgehead atoms. The van der Waals surface area contributed by atoms with Gasteiger partial charge in [0.25, 0.3) is 0 Å². The van der Waals surface area contributed by atoms with Gasteiger partial charge in [0.15, 0.2) is 0 Å². The van der Waals surface area contributed by atoms with Crippen molar-refractivity contribution in [3.8, 4) is 44.9 Å². The molecule has 0 aliphatic heterocycles. The first kappa shape index (κ1) is 26.0. The van der Waals surface area contributed by atoms with E-state index < -0.39 is 0 Å². The molecule has 4 aromatic carbocycles. The Morgan fingerprint density at radius 2 is 1.04 bits per heavy atom. The number of nitrogens with zero attached hydrogens (tertiary/aromatic N) is 6. The predicted molar refractivity (Wildman–Crippen MR) is 185 cm³/mol. The van der Waals surface area contributed by atoms with E-state index in [4.69, 9.17) is 9.97 Å². The maximum absolute atomic E-state index is 5.09. The smallest absolute Gasteiger partial charge is 0.116 e. The fourth-order valence-corrected chi connectivity index (χ4v) is 6.18. The monoisotopic (exact) mass is 588 g/mol. The van der Waals surface area contributed by atoms with Gasteiger partial charge in [-0.1, -0.05) is 72.8 Å². The van der Waals surface area contributed by atoms with Crippen LogP contribution in [0.25, 0.3) is 88.5 Å². The molecule has 0 saturated heterocycles. The van der Waals surface area contributed by atoms with Crippen molar-refractivity contribution < 1.29 is 0 Å². The van der Waals surface area contributed by atoms with Gasteiger partial charge >= 0.3 is 0 Å².